The molecular formula is C22H33NO4. The zero-order valence-corrected chi connectivity index (χ0v) is 17.2. The van der Waals surface area contributed by atoms with Gasteiger partial charge in [-0.25, -0.2) is 0 Å². The van der Waals surface area contributed by atoms with Gasteiger partial charge in [-0.2, -0.15) is 0 Å². The van der Waals surface area contributed by atoms with Crippen LogP contribution in [0.25, 0.3) is 0 Å². The molecular weight excluding hydrogens is 342 g/mol. The predicted octanol–water partition coefficient (Wildman–Crippen LogP) is 3.46. The van der Waals surface area contributed by atoms with E-state index in [0.29, 0.717) is 18.9 Å². The summed E-state index contributed by atoms with van der Waals surface area (Å²) in [5.41, 5.74) is 0.914. The van der Waals surface area contributed by atoms with Gasteiger partial charge >= 0.3 is 5.97 Å². The summed E-state index contributed by atoms with van der Waals surface area (Å²) in [5.74, 6) is -0.848. The lowest BCUT2D eigenvalue weighted by atomic mass is 9.97. The average molecular weight is 376 g/mol. The monoisotopic (exact) mass is 375 g/mol. The lowest BCUT2D eigenvalue weighted by Crippen LogP contribution is -2.44. The first-order valence-corrected chi connectivity index (χ1v) is 9.91. The van der Waals surface area contributed by atoms with Gasteiger partial charge < -0.3 is 9.47 Å². The van der Waals surface area contributed by atoms with Crippen molar-refractivity contribution in [1.82, 2.24) is 4.90 Å². The molecule has 150 valence electrons. The van der Waals surface area contributed by atoms with Crippen LogP contribution < -0.4 is 0 Å². The molecule has 1 heterocycles. The van der Waals surface area contributed by atoms with Crippen LogP contribution in [0, 0.1) is 11.8 Å². The summed E-state index contributed by atoms with van der Waals surface area (Å²) in [6, 6.07) is 9.43. The first kappa shape index (κ1) is 21.6. The number of rotatable bonds is 9. The molecule has 1 aromatic carbocycles. The molecule has 1 aromatic rings. The molecule has 1 saturated heterocycles. The summed E-state index contributed by atoms with van der Waals surface area (Å²) >= 11 is 0. The van der Waals surface area contributed by atoms with Crippen molar-refractivity contribution in [1.29, 1.82) is 0 Å². The number of carbonyl (C=O) groups is 2. The van der Waals surface area contributed by atoms with E-state index in [4.69, 9.17) is 9.47 Å². The molecule has 27 heavy (non-hydrogen) atoms. The second-order valence-corrected chi connectivity index (χ2v) is 8.11. The molecule has 3 atom stereocenters. The van der Waals surface area contributed by atoms with Crippen LogP contribution in [0.3, 0.4) is 0 Å². The molecule has 0 bridgehead atoms. The van der Waals surface area contributed by atoms with E-state index in [1.807, 2.05) is 30.3 Å². The van der Waals surface area contributed by atoms with E-state index in [0.717, 1.165) is 12.1 Å². The summed E-state index contributed by atoms with van der Waals surface area (Å²) < 4.78 is 11.3. The summed E-state index contributed by atoms with van der Waals surface area (Å²) in [4.78, 5) is 27.5. The lowest BCUT2D eigenvalue weighted by molar-refractivity contribution is -0.153. The average Bonchev–Trinajstić information content (AvgIpc) is 3.08. The Morgan fingerprint density at radius 1 is 1.11 bits per heavy atom. The van der Waals surface area contributed by atoms with E-state index in [-0.39, 0.29) is 30.6 Å². The number of benzene rings is 1. The molecule has 0 aromatic heterocycles. The number of ether oxygens (including phenoxy) is 2. The Balaban J connectivity index is 1.95. The van der Waals surface area contributed by atoms with Crippen LogP contribution in [-0.2, 0) is 25.7 Å². The maximum absolute atomic E-state index is 13.0. The Morgan fingerprint density at radius 3 is 2.37 bits per heavy atom. The van der Waals surface area contributed by atoms with Crippen molar-refractivity contribution < 1.29 is 19.1 Å². The van der Waals surface area contributed by atoms with Crippen LogP contribution in [0.4, 0.5) is 0 Å². The highest BCUT2D eigenvalue weighted by atomic mass is 16.5. The Morgan fingerprint density at radius 2 is 1.78 bits per heavy atom. The van der Waals surface area contributed by atoms with Crippen LogP contribution in [0.15, 0.2) is 30.3 Å². The number of likely N-dealkylation sites (tertiary alicyclic amines) is 1. The van der Waals surface area contributed by atoms with Crippen molar-refractivity contribution in [2.45, 2.75) is 65.8 Å². The molecule has 0 radical (unpaired) electrons. The van der Waals surface area contributed by atoms with Crippen molar-refractivity contribution in [2.24, 2.45) is 11.8 Å². The van der Waals surface area contributed by atoms with Crippen molar-refractivity contribution >= 4 is 11.8 Å². The summed E-state index contributed by atoms with van der Waals surface area (Å²) in [5, 5.41) is 0. The fraction of sp³-hybridized carbons (Fsp3) is 0.636. The molecule has 0 aliphatic carbocycles. The molecule has 1 unspecified atom stereocenters. The van der Waals surface area contributed by atoms with Crippen LogP contribution >= 0.6 is 0 Å². The first-order valence-electron chi connectivity index (χ1n) is 9.91. The quantitative estimate of drug-likeness (QED) is 0.489. The van der Waals surface area contributed by atoms with Crippen LogP contribution in [0.2, 0.25) is 0 Å². The normalized spacial score (nSPS) is 21.6. The molecule has 0 amide bonds. The third kappa shape index (κ3) is 6.15. The van der Waals surface area contributed by atoms with Crippen molar-refractivity contribution in [3.05, 3.63) is 35.9 Å². The van der Waals surface area contributed by atoms with Gasteiger partial charge in [0, 0.05) is 19.2 Å². The Hall–Kier alpha value is -1.72. The number of carbonyl (C=O) groups excluding carboxylic acids is 2. The van der Waals surface area contributed by atoms with E-state index < -0.39 is 11.9 Å². The van der Waals surface area contributed by atoms with Crippen molar-refractivity contribution in [3.63, 3.8) is 0 Å². The number of nitrogens with zero attached hydrogens (tertiary/aromatic N) is 1. The number of hydrogen-bond acceptors (Lipinski definition) is 5. The fourth-order valence-corrected chi connectivity index (χ4v) is 3.38. The van der Waals surface area contributed by atoms with Gasteiger partial charge in [0.15, 0.2) is 5.78 Å². The maximum Gasteiger partial charge on any atom is 0.316 e. The minimum Gasteiger partial charge on any atom is -0.460 e. The van der Waals surface area contributed by atoms with Crippen molar-refractivity contribution in [3.8, 4) is 0 Å². The largest absolute Gasteiger partial charge is 0.460 e. The predicted molar refractivity (Wildman–Crippen MR) is 105 cm³/mol. The summed E-state index contributed by atoms with van der Waals surface area (Å²) in [6.07, 6.45) is 0.677. The van der Waals surface area contributed by atoms with Gasteiger partial charge in [-0.1, -0.05) is 44.2 Å². The van der Waals surface area contributed by atoms with E-state index in [1.165, 1.54) is 0 Å². The third-order valence-electron chi connectivity index (χ3n) is 4.96. The molecule has 1 aliphatic heterocycles. The van der Waals surface area contributed by atoms with Gasteiger partial charge in [0.25, 0.3) is 0 Å². The van der Waals surface area contributed by atoms with Gasteiger partial charge in [0.1, 0.15) is 12.5 Å². The molecule has 0 saturated carbocycles. The highest BCUT2D eigenvalue weighted by Gasteiger charge is 2.41. The van der Waals surface area contributed by atoms with E-state index >= 15 is 0 Å². The van der Waals surface area contributed by atoms with Gasteiger partial charge in [0.2, 0.25) is 0 Å². The molecule has 1 fully saturated rings. The minimum absolute atomic E-state index is 0.0382. The molecule has 0 N–H and O–H groups in total. The Labute approximate surface area is 163 Å². The van der Waals surface area contributed by atoms with Crippen LogP contribution in [-0.4, -0.2) is 48.0 Å². The standard InChI is InChI=1S/C22H33NO4/c1-15(2)13-26-19-11-20(23(12-19)16(3)4)21(24)17(5)22(25)27-14-18-9-7-6-8-10-18/h6-10,15-17,19-20H,11-14H2,1-5H3/t17?,19-,20-/m0/s1. The fourth-order valence-electron chi connectivity index (χ4n) is 3.38. The first-order chi connectivity index (χ1) is 12.8. The smallest absolute Gasteiger partial charge is 0.316 e. The zero-order chi connectivity index (χ0) is 20.0. The molecule has 0 spiro atoms. The molecule has 1 aliphatic rings. The molecule has 5 heteroatoms. The second-order valence-electron chi connectivity index (χ2n) is 8.11. The van der Waals surface area contributed by atoms with Gasteiger partial charge in [-0.15, -0.1) is 0 Å². The molecule has 2 rings (SSSR count). The number of Topliss-reactive ketones (excluding diaryl/α,β-unsaturated/α-hetero) is 1. The summed E-state index contributed by atoms with van der Waals surface area (Å²) in [6.45, 7) is 11.6. The minimum atomic E-state index is -0.774. The summed E-state index contributed by atoms with van der Waals surface area (Å²) in [7, 11) is 0. The zero-order valence-electron chi connectivity index (χ0n) is 17.2. The number of esters is 1. The van der Waals surface area contributed by atoms with Crippen LogP contribution in [0.1, 0.15) is 46.6 Å². The highest BCUT2D eigenvalue weighted by Crippen LogP contribution is 2.26. The van der Waals surface area contributed by atoms with Crippen molar-refractivity contribution in [2.75, 3.05) is 13.2 Å². The Kier molecular flexibility index (Phi) is 7.99. The SMILES string of the molecule is CC(C)CO[C@H]1C[C@@H](C(=O)C(C)C(=O)OCc2ccccc2)N(C(C)C)C1. The number of hydrogen-bond donors (Lipinski definition) is 0. The van der Waals surface area contributed by atoms with Gasteiger partial charge in [0.05, 0.1) is 12.1 Å². The number of ketones is 1. The highest BCUT2D eigenvalue weighted by molar-refractivity contribution is 6.01. The van der Waals surface area contributed by atoms with Gasteiger partial charge in [-0.05, 0) is 38.7 Å². The van der Waals surface area contributed by atoms with E-state index in [2.05, 4.69) is 32.6 Å². The second kappa shape index (κ2) is 10.00. The topological polar surface area (TPSA) is 55.8 Å². The Bertz CT molecular complexity index is 614. The lowest BCUT2D eigenvalue weighted by Gasteiger charge is -2.28. The van der Waals surface area contributed by atoms with Gasteiger partial charge in [-0.3, -0.25) is 14.5 Å². The van der Waals surface area contributed by atoms with E-state index in [1.54, 1.807) is 6.92 Å². The van der Waals surface area contributed by atoms with Crippen LogP contribution in [0.5, 0.6) is 0 Å². The van der Waals surface area contributed by atoms with E-state index in [9.17, 15) is 9.59 Å². The molecule has 5 nitrogen and oxygen atoms in total. The maximum atomic E-state index is 13.0. The third-order valence-corrected chi connectivity index (χ3v) is 4.96.